The number of rotatable bonds is 6. The molecule has 1 heterocycles. The van der Waals surface area contributed by atoms with Crippen LogP contribution < -0.4 is 10.1 Å². The smallest absolute Gasteiger partial charge is 0.228 e. The number of hydrogen-bond acceptors (Lipinski definition) is 3. The zero-order valence-corrected chi connectivity index (χ0v) is 14.5. The predicted octanol–water partition coefficient (Wildman–Crippen LogP) is 3.77. The number of aromatic nitrogens is 2. The quantitative estimate of drug-likeness (QED) is 0.732. The van der Waals surface area contributed by atoms with Crippen LogP contribution in [0.1, 0.15) is 11.1 Å². The van der Waals surface area contributed by atoms with Gasteiger partial charge in [-0.25, -0.2) is 0 Å². The molecule has 0 aliphatic heterocycles. The summed E-state index contributed by atoms with van der Waals surface area (Å²) in [4.78, 5) is 12.2. The molecule has 1 N–H and O–H groups in total. The van der Waals surface area contributed by atoms with Gasteiger partial charge in [0.1, 0.15) is 5.75 Å². The predicted molar refractivity (Wildman–Crippen MR) is 98.1 cm³/mol. The Bertz CT molecular complexity index is 859. The van der Waals surface area contributed by atoms with Gasteiger partial charge < -0.3 is 10.1 Å². The fourth-order valence-corrected chi connectivity index (χ4v) is 2.68. The normalized spacial score (nSPS) is 10.5. The molecule has 0 saturated carbocycles. The maximum absolute atomic E-state index is 12.2. The molecule has 0 aliphatic carbocycles. The minimum Gasteiger partial charge on any atom is -0.497 e. The molecule has 3 rings (SSSR count). The lowest BCUT2D eigenvalue weighted by Gasteiger charge is -2.04. The van der Waals surface area contributed by atoms with Gasteiger partial charge in [-0.3, -0.25) is 9.48 Å². The third-order valence-corrected chi connectivity index (χ3v) is 3.91. The average Bonchev–Trinajstić information content (AvgIpc) is 3.02. The number of carbonyl (C=O) groups is 1. The Kier molecular flexibility index (Phi) is 5.36. The maximum Gasteiger partial charge on any atom is 0.228 e. The van der Waals surface area contributed by atoms with Crippen molar-refractivity contribution in [3.05, 3.63) is 77.1 Å². The highest BCUT2D eigenvalue weighted by Crippen LogP contribution is 2.14. The standard InChI is InChI=1S/C19H18ClN3O2/c1-25-18-7-5-14(6-8-18)10-19(24)22-17-11-21-23(13-17)12-15-3-2-4-16(20)9-15/h2-9,11,13H,10,12H2,1H3,(H,22,24). The number of benzene rings is 2. The minimum atomic E-state index is -0.0903. The number of methoxy groups -OCH3 is 1. The Balaban J connectivity index is 1.57. The van der Waals surface area contributed by atoms with E-state index in [0.29, 0.717) is 23.7 Å². The second kappa shape index (κ2) is 7.85. The van der Waals surface area contributed by atoms with Crippen LogP contribution in [0.25, 0.3) is 0 Å². The first-order chi connectivity index (χ1) is 12.1. The van der Waals surface area contributed by atoms with Gasteiger partial charge in [0.15, 0.2) is 0 Å². The molecule has 128 valence electrons. The van der Waals surface area contributed by atoms with Gasteiger partial charge in [0, 0.05) is 11.2 Å². The highest BCUT2D eigenvalue weighted by molar-refractivity contribution is 6.30. The number of anilines is 1. The third kappa shape index (κ3) is 4.84. The highest BCUT2D eigenvalue weighted by atomic mass is 35.5. The molecule has 1 amide bonds. The van der Waals surface area contributed by atoms with Gasteiger partial charge in [0.05, 0.1) is 32.0 Å². The van der Waals surface area contributed by atoms with E-state index in [1.54, 1.807) is 24.2 Å². The Hall–Kier alpha value is -2.79. The van der Waals surface area contributed by atoms with E-state index < -0.39 is 0 Å². The molecule has 0 spiro atoms. The van der Waals surface area contributed by atoms with Crippen molar-refractivity contribution in [3.63, 3.8) is 0 Å². The van der Waals surface area contributed by atoms with Crippen LogP contribution in [0.5, 0.6) is 5.75 Å². The summed E-state index contributed by atoms with van der Waals surface area (Å²) in [5.74, 6) is 0.680. The van der Waals surface area contributed by atoms with Crippen molar-refractivity contribution in [2.45, 2.75) is 13.0 Å². The molecule has 0 radical (unpaired) electrons. The second-order valence-corrected chi connectivity index (χ2v) is 6.07. The number of amides is 1. The van der Waals surface area contributed by atoms with Crippen molar-refractivity contribution in [2.75, 3.05) is 12.4 Å². The Morgan fingerprint density at radius 2 is 2.00 bits per heavy atom. The summed E-state index contributed by atoms with van der Waals surface area (Å²) >= 11 is 5.99. The fourth-order valence-electron chi connectivity index (χ4n) is 2.47. The summed E-state index contributed by atoms with van der Waals surface area (Å²) in [5, 5.41) is 7.82. The van der Waals surface area contributed by atoms with E-state index in [9.17, 15) is 4.79 Å². The zero-order valence-electron chi connectivity index (χ0n) is 13.8. The van der Waals surface area contributed by atoms with Gasteiger partial charge >= 0.3 is 0 Å². The van der Waals surface area contributed by atoms with E-state index >= 15 is 0 Å². The third-order valence-electron chi connectivity index (χ3n) is 3.67. The molecule has 0 unspecified atom stereocenters. The van der Waals surface area contributed by atoms with Crippen molar-refractivity contribution in [1.29, 1.82) is 0 Å². The number of halogens is 1. The molecule has 0 atom stereocenters. The molecule has 2 aromatic carbocycles. The molecular formula is C19H18ClN3O2. The van der Waals surface area contributed by atoms with Crippen LogP contribution in [0.2, 0.25) is 5.02 Å². The highest BCUT2D eigenvalue weighted by Gasteiger charge is 2.07. The number of nitrogens with one attached hydrogen (secondary N) is 1. The van der Waals surface area contributed by atoms with Crippen LogP contribution in [0.3, 0.4) is 0 Å². The Morgan fingerprint density at radius 1 is 1.20 bits per heavy atom. The molecule has 5 nitrogen and oxygen atoms in total. The first-order valence-corrected chi connectivity index (χ1v) is 8.20. The van der Waals surface area contributed by atoms with Crippen LogP contribution >= 0.6 is 11.6 Å². The lowest BCUT2D eigenvalue weighted by Crippen LogP contribution is -2.14. The summed E-state index contributed by atoms with van der Waals surface area (Å²) in [6.07, 6.45) is 3.73. The van der Waals surface area contributed by atoms with Crippen molar-refractivity contribution in [1.82, 2.24) is 9.78 Å². The molecule has 25 heavy (non-hydrogen) atoms. The molecule has 3 aromatic rings. The topological polar surface area (TPSA) is 56.1 Å². The molecule has 1 aromatic heterocycles. The van der Waals surface area contributed by atoms with E-state index in [2.05, 4.69) is 10.4 Å². The number of nitrogens with zero attached hydrogens (tertiary/aromatic N) is 2. The SMILES string of the molecule is COc1ccc(CC(=O)Nc2cnn(Cc3cccc(Cl)c3)c2)cc1. The van der Waals surface area contributed by atoms with E-state index in [4.69, 9.17) is 16.3 Å². The van der Waals surface area contributed by atoms with Gasteiger partial charge in [0.2, 0.25) is 5.91 Å². The number of hydrogen-bond donors (Lipinski definition) is 1. The fraction of sp³-hybridized carbons (Fsp3) is 0.158. The first kappa shape index (κ1) is 17.0. The summed E-state index contributed by atoms with van der Waals surface area (Å²) in [6, 6.07) is 15.0. The van der Waals surface area contributed by atoms with Gasteiger partial charge in [-0.15, -0.1) is 0 Å². The molecule has 0 aliphatic rings. The first-order valence-electron chi connectivity index (χ1n) is 7.82. The average molecular weight is 356 g/mol. The van der Waals surface area contributed by atoms with Crippen molar-refractivity contribution >= 4 is 23.2 Å². The van der Waals surface area contributed by atoms with Gasteiger partial charge in [-0.1, -0.05) is 35.9 Å². The summed E-state index contributed by atoms with van der Waals surface area (Å²) < 4.78 is 6.87. The van der Waals surface area contributed by atoms with Crippen LogP contribution in [0, 0.1) is 0 Å². The molecule has 6 heteroatoms. The summed E-state index contributed by atoms with van der Waals surface area (Å²) in [6.45, 7) is 0.592. The summed E-state index contributed by atoms with van der Waals surface area (Å²) in [7, 11) is 1.61. The lowest BCUT2D eigenvalue weighted by molar-refractivity contribution is -0.115. The van der Waals surface area contributed by atoms with Crippen molar-refractivity contribution < 1.29 is 9.53 Å². The lowest BCUT2D eigenvalue weighted by atomic mass is 10.1. The molecule has 0 saturated heterocycles. The van der Waals surface area contributed by atoms with Crippen LogP contribution in [-0.4, -0.2) is 22.8 Å². The molecular weight excluding hydrogens is 338 g/mol. The van der Waals surface area contributed by atoms with Crippen LogP contribution in [0.4, 0.5) is 5.69 Å². The van der Waals surface area contributed by atoms with Crippen molar-refractivity contribution in [3.8, 4) is 5.75 Å². The summed E-state index contributed by atoms with van der Waals surface area (Å²) in [5.41, 5.74) is 2.64. The van der Waals surface area contributed by atoms with E-state index in [1.807, 2.05) is 48.5 Å². The van der Waals surface area contributed by atoms with E-state index in [1.165, 1.54) is 0 Å². The van der Waals surface area contributed by atoms with E-state index in [0.717, 1.165) is 16.9 Å². The second-order valence-electron chi connectivity index (χ2n) is 5.63. The molecule has 0 fully saturated rings. The largest absolute Gasteiger partial charge is 0.497 e. The van der Waals surface area contributed by atoms with Crippen LogP contribution in [-0.2, 0) is 17.8 Å². The van der Waals surface area contributed by atoms with Crippen molar-refractivity contribution in [2.24, 2.45) is 0 Å². The Labute approximate surface area is 151 Å². The molecule has 0 bridgehead atoms. The minimum absolute atomic E-state index is 0.0903. The number of ether oxygens (including phenoxy) is 1. The Morgan fingerprint density at radius 3 is 2.72 bits per heavy atom. The van der Waals surface area contributed by atoms with Crippen LogP contribution in [0.15, 0.2) is 60.9 Å². The van der Waals surface area contributed by atoms with Gasteiger partial charge in [0.25, 0.3) is 0 Å². The zero-order chi connectivity index (χ0) is 17.6. The number of carbonyl (C=O) groups excluding carboxylic acids is 1. The maximum atomic E-state index is 12.2. The van der Waals surface area contributed by atoms with E-state index in [-0.39, 0.29) is 5.91 Å². The monoisotopic (exact) mass is 355 g/mol. The van der Waals surface area contributed by atoms with Gasteiger partial charge in [-0.05, 0) is 35.4 Å². The van der Waals surface area contributed by atoms with Gasteiger partial charge in [-0.2, -0.15) is 5.10 Å².